The van der Waals surface area contributed by atoms with E-state index in [2.05, 4.69) is 5.32 Å². The van der Waals surface area contributed by atoms with Crippen LogP contribution >= 0.6 is 0 Å². The van der Waals surface area contributed by atoms with Crippen molar-refractivity contribution in [3.63, 3.8) is 0 Å². The van der Waals surface area contributed by atoms with E-state index < -0.39 is 24.0 Å². The highest BCUT2D eigenvalue weighted by Crippen LogP contribution is 2.12. The maximum absolute atomic E-state index is 12.4. The van der Waals surface area contributed by atoms with Crippen LogP contribution in [0.5, 0.6) is 0 Å². The summed E-state index contributed by atoms with van der Waals surface area (Å²) < 4.78 is 24.9. The molecule has 4 nitrogen and oxygen atoms in total. The minimum atomic E-state index is -3.75. The van der Waals surface area contributed by atoms with Crippen LogP contribution in [0.1, 0.15) is 20.3 Å². The van der Waals surface area contributed by atoms with Gasteiger partial charge in [-0.05, 0) is 26.8 Å². The van der Waals surface area contributed by atoms with Crippen LogP contribution in [0.4, 0.5) is 8.78 Å². The number of rotatable bonds is 6. The fraction of sp³-hybridized carbons (Fsp3) is 0.875. The van der Waals surface area contributed by atoms with Crippen LogP contribution < -0.4 is 5.32 Å². The van der Waals surface area contributed by atoms with Crippen LogP contribution in [0, 0.1) is 0 Å². The second-order valence-electron chi connectivity index (χ2n) is 3.75. The average Bonchev–Trinajstić information content (AvgIpc) is 1.96. The average molecular weight is 211 g/mol. The van der Waals surface area contributed by atoms with Gasteiger partial charge in [0, 0.05) is 0 Å². The molecule has 0 rings (SSSR count). The molecule has 6 heteroatoms. The Balaban J connectivity index is 3.70. The Morgan fingerprint density at radius 1 is 1.43 bits per heavy atom. The molecule has 0 saturated carbocycles. The normalized spacial score (nSPS) is 12.9. The number of aliphatic hydroxyl groups is 1. The van der Waals surface area contributed by atoms with E-state index in [0.29, 0.717) is 0 Å². The Hall–Kier alpha value is -0.750. The third-order valence-corrected chi connectivity index (χ3v) is 1.57. The number of carboxylic acid groups (broad SMARTS) is 1. The van der Waals surface area contributed by atoms with Gasteiger partial charge in [-0.1, -0.05) is 0 Å². The molecular weight excluding hydrogens is 196 g/mol. The van der Waals surface area contributed by atoms with E-state index in [9.17, 15) is 18.7 Å². The van der Waals surface area contributed by atoms with Crippen LogP contribution in [-0.4, -0.2) is 40.8 Å². The molecule has 14 heavy (non-hydrogen) atoms. The van der Waals surface area contributed by atoms with E-state index in [1.54, 1.807) is 13.8 Å². The van der Waals surface area contributed by atoms with E-state index in [1.165, 1.54) is 0 Å². The first-order valence-electron chi connectivity index (χ1n) is 4.19. The standard InChI is InChI=1S/C8H15F2NO3/c1-7(2,14)3-4-11-5-8(9,10)6(12)13/h11,14H,3-5H2,1-2H3,(H,12,13). The molecule has 0 bridgehead atoms. The number of nitrogens with one attached hydrogen (secondary N) is 1. The van der Waals surface area contributed by atoms with Gasteiger partial charge in [0.2, 0.25) is 0 Å². The van der Waals surface area contributed by atoms with E-state index >= 15 is 0 Å². The van der Waals surface area contributed by atoms with Gasteiger partial charge in [-0.3, -0.25) is 0 Å². The molecule has 0 amide bonds. The molecule has 84 valence electrons. The fourth-order valence-corrected chi connectivity index (χ4v) is 0.715. The SMILES string of the molecule is CC(C)(O)CCNCC(F)(F)C(=O)O. The lowest BCUT2D eigenvalue weighted by molar-refractivity contribution is -0.164. The molecule has 0 aromatic carbocycles. The van der Waals surface area contributed by atoms with Crippen LogP contribution in [0.25, 0.3) is 0 Å². The summed E-state index contributed by atoms with van der Waals surface area (Å²) in [6.45, 7) is 2.32. The van der Waals surface area contributed by atoms with Gasteiger partial charge in [0.25, 0.3) is 0 Å². The van der Waals surface area contributed by atoms with Crippen molar-refractivity contribution in [2.24, 2.45) is 0 Å². The summed E-state index contributed by atoms with van der Waals surface area (Å²) in [6.07, 6.45) is 0.280. The van der Waals surface area contributed by atoms with Gasteiger partial charge in [0.1, 0.15) is 0 Å². The van der Waals surface area contributed by atoms with Gasteiger partial charge >= 0.3 is 11.9 Å². The second kappa shape index (κ2) is 4.65. The summed E-state index contributed by atoms with van der Waals surface area (Å²) in [4.78, 5) is 9.97. The number of halogens is 2. The van der Waals surface area contributed by atoms with Crippen molar-refractivity contribution in [2.45, 2.75) is 31.8 Å². The first kappa shape index (κ1) is 13.2. The molecule has 0 aliphatic carbocycles. The third-order valence-electron chi connectivity index (χ3n) is 1.57. The first-order valence-corrected chi connectivity index (χ1v) is 4.19. The van der Waals surface area contributed by atoms with Gasteiger partial charge in [0.05, 0.1) is 12.1 Å². The van der Waals surface area contributed by atoms with Crippen molar-refractivity contribution >= 4 is 5.97 Å². The lowest BCUT2D eigenvalue weighted by Crippen LogP contribution is -2.41. The zero-order valence-electron chi connectivity index (χ0n) is 8.18. The van der Waals surface area contributed by atoms with Crippen molar-refractivity contribution in [3.8, 4) is 0 Å². The number of hydrogen-bond donors (Lipinski definition) is 3. The fourth-order valence-electron chi connectivity index (χ4n) is 0.715. The topological polar surface area (TPSA) is 69.6 Å². The monoisotopic (exact) mass is 211 g/mol. The molecule has 0 aromatic heterocycles. The van der Waals surface area contributed by atoms with Crippen molar-refractivity contribution in [2.75, 3.05) is 13.1 Å². The molecule has 0 aliphatic heterocycles. The summed E-state index contributed by atoms with van der Waals surface area (Å²) in [5.41, 5.74) is -0.939. The molecule has 0 heterocycles. The van der Waals surface area contributed by atoms with Crippen LogP contribution in [0.15, 0.2) is 0 Å². The molecule has 0 radical (unpaired) electrons. The van der Waals surface area contributed by atoms with Crippen molar-refractivity contribution in [1.29, 1.82) is 0 Å². The van der Waals surface area contributed by atoms with E-state index in [1.807, 2.05) is 0 Å². The Morgan fingerprint density at radius 3 is 2.29 bits per heavy atom. The minimum Gasteiger partial charge on any atom is -0.477 e. The Labute approximate surface area is 80.9 Å². The molecule has 3 N–H and O–H groups in total. The Morgan fingerprint density at radius 2 is 1.93 bits per heavy atom. The van der Waals surface area contributed by atoms with Gasteiger partial charge in [-0.15, -0.1) is 0 Å². The Bertz CT molecular complexity index is 201. The summed E-state index contributed by atoms with van der Waals surface area (Å²) >= 11 is 0. The summed E-state index contributed by atoms with van der Waals surface area (Å²) in [7, 11) is 0. The maximum atomic E-state index is 12.4. The highest BCUT2D eigenvalue weighted by Gasteiger charge is 2.38. The molecule has 0 unspecified atom stereocenters. The van der Waals surface area contributed by atoms with Crippen LogP contribution in [0.3, 0.4) is 0 Å². The molecule has 0 saturated heterocycles. The zero-order chi connectivity index (χ0) is 11.4. The molecule has 0 aromatic rings. The molecular formula is C8H15F2NO3. The number of aliphatic carboxylic acids is 1. The maximum Gasteiger partial charge on any atom is 0.375 e. The number of carboxylic acids is 1. The number of carbonyl (C=O) groups is 1. The second-order valence-corrected chi connectivity index (χ2v) is 3.75. The van der Waals surface area contributed by atoms with Gasteiger partial charge in [-0.25, -0.2) is 4.79 Å². The largest absolute Gasteiger partial charge is 0.477 e. The van der Waals surface area contributed by atoms with Gasteiger partial charge in [0.15, 0.2) is 0 Å². The smallest absolute Gasteiger partial charge is 0.375 e. The Kier molecular flexibility index (Phi) is 4.41. The predicted octanol–water partition coefficient (Wildman–Crippen LogP) is 0.457. The highest BCUT2D eigenvalue weighted by atomic mass is 19.3. The predicted molar refractivity (Wildman–Crippen MR) is 46.4 cm³/mol. The number of alkyl halides is 2. The van der Waals surface area contributed by atoms with Gasteiger partial charge < -0.3 is 15.5 Å². The lowest BCUT2D eigenvalue weighted by Gasteiger charge is -2.18. The van der Waals surface area contributed by atoms with E-state index in [-0.39, 0.29) is 13.0 Å². The quantitative estimate of drug-likeness (QED) is 0.558. The lowest BCUT2D eigenvalue weighted by atomic mass is 10.1. The van der Waals surface area contributed by atoms with Crippen molar-refractivity contribution in [3.05, 3.63) is 0 Å². The first-order chi connectivity index (χ1) is 6.15. The zero-order valence-corrected chi connectivity index (χ0v) is 8.18. The van der Waals surface area contributed by atoms with Crippen LogP contribution in [0.2, 0.25) is 0 Å². The molecule has 0 atom stereocenters. The third kappa shape index (κ3) is 5.82. The molecule has 0 fully saturated rings. The molecule has 0 spiro atoms. The highest BCUT2D eigenvalue weighted by molar-refractivity contribution is 5.75. The summed E-state index contributed by atoms with van der Waals surface area (Å²) in [6, 6.07) is 0. The van der Waals surface area contributed by atoms with Crippen LogP contribution in [-0.2, 0) is 4.79 Å². The molecule has 0 aliphatic rings. The van der Waals surface area contributed by atoms with E-state index in [0.717, 1.165) is 0 Å². The van der Waals surface area contributed by atoms with Crippen molar-refractivity contribution in [1.82, 2.24) is 5.32 Å². The summed E-state index contributed by atoms with van der Waals surface area (Å²) in [5, 5.41) is 19.5. The van der Waals surface area contributed by atoms with Gasteiger partial charge in [-0.2, -0.15) is 8.78 Å². The van der Waals surface area contributed by atoms with E-state index in [4.69, 9.17) is 5.11 Å². The summed E-state index contributed by atoms with van der Waals surface area (Å²) in [5.74, 6) is -5.90. The number of hydrogen-bond acceptors (Lipinski definition) is 3. The minimum absolute atomic E-state index is 0.145. The van der Waals surface area contributed by atoms with Crippen molar-refractivity contribution < 1.29 is 23.8 Å².